The topological polar surface area (TPSA) is 55.8 Å². The maximum absolute atomic E-state index is 11.6. The van der Waals surface area contributed by atoms with E-state index < -0.39 is 0 Å². The van der Waals surface area contributed by atoms with Gasteiger partial charge in [0.2, 0.25) is 0 Å². The fraction of sp³-hybridized carbons (Fsp3) is 0.917. The lowest BCUT2D eigenvalue weighted by Gasteiger charge is -2.24. The third-order valence-electron chi connectivity index (χ3n) is 2.76. The predicted molar refractivity (Wildman–Crippen MR) is 60.0 cm³/mol. The van der Waals surface area contributed by atoms with Gasteiger partial charge in [-0.05, 0) is 33.1 Å². The number of carbonyl (C=O) groups is 1. The summed E-state index contributed by atoms with van der Waals surface area (Å²) in [5, 5.41) is 9.44. The monoisotopic (exact) mass is 230 g/mol. The summed E-state index contributed by atoms with van der Waals surface area (Å²) >= 11 is 0. The summed E-state index contributed by atoms with van der Waals surface area (Å²) in [4.78, 5) is 11.6. The molecule has 0 saturated heterocycles. The zero-order valence-corrected chi connectivity index (χ0v) is 10.1. The fourth-order valence-electron chi connectivity index (χ4n) is 1.92. The van der Waals surface area contributed by atoms with E-state index in [1.54, 1.807) is 0 Å². The second-order valence-electron chi connectivity index (χ2n) is 4.60. The van der Waals surface area contributed by atoms with Gasteiger partial charge in [-0.2, -0.15) is 0 Å². The van der Waals surface area contributed by atoms with Gasteiger partial charge >= 0.3 is 5.97 Å². The fourth-order valence-corrected chi connectivity index (χ4v) is 1.92. The molecule has 0 aliphatic heterocycles. The number of esters is 1. The third kappa shape index (κ3) is 4.94. The molecule has 0 spiro atoms. The van der Waals surface area contributed by atoms with E-state index in [0.29, 0.717) is 19.6 Å². The molecule has 1 rings (SSSR count). The summed E-state index contributed by atoms with van der Waals surface area (Å²) in [6.45, 7) is 4.64. The van der Waals surface area contributed by atoms with Crippen LogP contribution in [0.4, 0.5) is 0 Å². The zero-order valence-electron chi connectivity index (χ0n) is 10.1. The van der Waals surface area contributed by atoms with Crippen molar-refractivity contribution in [1.82, 2.24) is 0 Å². The van der Waals surface area contributed by atoms with Crippen molar-refractivity contribution in [3.63, 3.8) is 0 Å². The predicted octanol–water partition coefficient (Wildman–Crippen LogP) is 1.51. The molecule has 2 atom stereocenters. The molecule has 2 unspecified atom stereocenters. The number of rotatable bonds is 5. The van der Waals surface area contributed by atoms with Crippen LogP contribution >= 0.6 is 0 Å². The summed E-state index contributed by atoms with van der Waals surface area (Å²) in [5.74, 6) is -0.311. The van der Waals surface area contributed by atoms with Gasteiger partial charge in [0.1, 0.15) is 6.61 Å². The molecule has 0 aromatic heterocycles. The first-order valence-corrected chi connectivity index (χ1v) is 6.06. The minimum atomic E-state index is -0.335. The van der Waals surface area contributed by atoms with E-state index in [0.717, 1.165) is 19.3 Å². The molecular weight excluding hydrogens is 208 g/mol. The Morgan fingerprint density at radius 3 is 2.75 bits per heavy atom. The highest BCUT2D eigenvalue weighted by Gasteiger charge is 2.27. The van der Waals surface area contributed by atoms with Crippen LogP contribution in [0.3, 0.4) is 0 Å². The van der Waals surface area contributed by atoms with Crippen molar-refractivity contribution in [1.29, 1.82) is 0 Å². The molecule has 0 radical (unpaired) electrons. The minimum absolute atomic E-state index is 0.122. The van der Waals surface area contributed by atoms with Crippen molar-refractivity contribution in [2.24, 2.45) is 5.92 Å². The number of hydrogen-bond donors (Lipinski definition) is 1. The van der Waals surface area contributed by atoms with Crippen molar-refractivity contribution < 1.29 is 19.4 Å². The van der Waals surface area contributed by atoms with Crippen molar-refractivity contribution in [3.8, 4) is 0 Å². The number of carbonyl (C=O) groups excluding carboxylic acids is 1. The van der Waals surface area contributed by atoms with Crippen LogP contribution in [0, 0.1) is 5.92 Å². The van der Waals surface area contributed by atoms with Crippen LogP contribution in [0.1, 0.15) is 39.5 Å². The lowest BCUT2D eigenvalue weighted by atomic mass is 9.87. The largest absolute Gasteiger partial charge is 0.463 e. The molecule has 0 bridgehead atoms. The number of aliphatic hydroxyl groups excluding tert-OH is 1. The molecular formula is C12H22O4. The van der Waals surface area contributed by atoms with Gasteiger partial charge in [-0.1, -0.05) is 6.42 Å². The number of hydrogen-bond acceptors (Lipinski definition) is 4. The summed E-state index contributed by atoms with van der Waals surface area (Å²) in [6.07, 6.45) is 2.92. The van der Waals surface area contributed by atoms with Crippen molar-refractivity contribution in [3.05, 3.63) is 0 Å². The average molecular weight is 230 g/mol. The van der Waals surface area contributed by atoms with Crippen molar-refractivity contribution >= 4 is 5.97 Å². The molecule has 1 fully saturated rings. The van der Waals surface area contributed by atoms with Crippen LogP contribution in [0.2, 0.25) is 0 Å². The summed E-state index contributed by atoms with van der Waals surface area (Å²) in [6, 6.07) is 0. The smallest absolute Gasteiger partial charge is 0.309 e. The Morgan fingerprint density at radius 1 is 1.38 bits per heavy atom. The van der Waals surface area contributed by atoms with Crippen LogP contribution in [0.5, 0.6) is 0 Å². The normalized spacial score (nSPS) is 25.8. The summed E-state index contributed by atoms with van der Waals surface area (Å²) in [5.41, 5.74) is 0. The van der Waals surface area contributed by atoms with E-state index in [1.165, 1.54) is 0 Å². The molecule has 0 heterocycles. The minimum Gasteiger partial charge on any atom is -0.463 e. The second kappa shape index (κ2) is 6.86. The van der Waals surface area contributed by atoms with E-state index in [1.807, 2.05) is 13.8 Å². The third-order valence-corrected chi connectivity index (χ3v) is 2.76. The van der Waals surface area contributed by atoms with Gasteiger partial charge in [0.15, 0.2) is 0 Å². The Kier molecular flexibility index (Phi) is 5.77. The molecule has 4 heteroatoms. The van der Waals surface area contributed by atoms with Crippen LogP contribution in [-0.4, -0.2) is 36.5 Å². The number of aliphatic hydroxyl groups is 1. The maximum atomic E-state index is 11.6. The zero-order chi connectivity index (χ0) is 12.0. The van der Waals surface area contributed by atoms with Gasteiger partial charge in [0, 0.05) is 0 Å². The van der Waals surface area contributed by atoms with Crippen LogP contribution in [0.15, 0.2) is 0 Å². The maximum Gasteiger partial charge on any atom is 0.309 e. The molecule has 94 valence electrons. The lowest BCUT2D eigenvalue weighted by molar-refractivity contribution is -0.153. The van der Waals surface area contributed by atoms with E-state index in [9.17, 15) is 9.90 Å². The lowest BCUT2D eigenvalue weighted by Crippen LogP contribution is -2.28. The average Bonchev–Trinajstić information content (AvgIpc) is 2.24. The Morgan fingerprint density at radius 2 is 2.12 bits per heavy atom. The highest BCUT2D eigenvalue weighted by molar-refractivity contribution is 5.72. The van der Waals surface area contributed by atoms with Gasteiger partial charge in [0.25, 0.3) is 0 Å². The quantitative estimate of drug-likeness (QED) is 0.574. The van der Waals surface area contributed by atoms with Crippen LogP contribution in [0.25, 0.3) is 0 Å². The molecule has 0 aromatic carbocycles. The summed E-state index contributed by atoms with van der Waals surface area (Å²) in [7, 11) is 0. The number of ether oxygens (including phenoxy) is 2. The molecule has 1 N–H and O–H groups in total. The Bertz CT molecular complexity index is 215. The molecule has 16 heavy (non-hydrogen) atoms. The molecule has 1 aliphatic rings. The van der Waals surface area contributed by atoms with Crippen LogP contribution in [-0.2, 0) is 14.3 Å². The van der Waals surface area contributed by atoms with Crippen LogP contribution < -0.4 is 0 Å². The van der Waals surface area contributed by atoms with E-state index in [2.05, 4.69) is 0 Å². The van der Waals surface area contributed by atoms with Gasteiger partial charge in [-0.15, -0.1) is 0 Å². The Hall–Kier alpha value is -0.610. The first-order chi connectivity index (χ1) is 7.59. The molecule has 0 amide bonds. The van der Waals surface area contributed by atoms with Crippen molar-refractivity contribution in [2.75, 3.05) is 13.2 Å². The molecule has 0 aromatic rings. The van der Waals surface area contributed by atoms with Crippen molar-refractivity contribution in [2.45, 2.75) is 51.7 Å². The second-order valence-corrected chi connectivity index (χ2v) is 4.60. The van der Waals surface area contributed by atoms with E-state index >= 15 is 0 Å². The Labute approximate surface area is 96.9 Å². The van der Waals surface area contributed by atoms with Gasteiger partial charge in [-0.25, -0.2) is 0 Å². The van der Waals surface area contributed by atoms with Gasteiger partial charge in [-0.3, -0.25) is 4.79 Å². The molecule has 1 aliphatic carbocycles. The standard InChI is InChI=1S/C12H22O4/c1-9(2)15-6-7-16-12(14)10-4-3-5-11(13)8-10/h9-11,13H,3-8H2,1-2H3. The SMILES string of the molecule is CC(C)OCCOC(=O)C1CCCC(O)C1. The van der Waals surface area contributed by atoms with E-state index in [4.69, 9.17) is 9.47 Å². The Balaban J connectivity index is 2.14. The first-order valence-electron chi connectivity index (χ1n) is 6.06. The highest BCUT2D eigenvalue weighted by atomic mass is 16.6. The summed E-state index contributed by atoms with van der Waals surface area (Å²) < 4.78 is 10.4. The van der Waals surface area contributed by atoms with Gasteiger partial charge < -0.3 is 14.6 Å². The van der Waals surface area contributed by atoms with Gasteiger partial charge in [0.05, 0.1) is 24.7 Å². The molecule has 4 nitrogen and oxygen atoms in total. The first kappa shape index (κ1) is 13.5. The highest BCUT2D eigenvalue weighted by Crippen LogP contribution is 2.25. The van der Waals surface area contributed by atoms with E-state index in [-0.39, 0.29) is 24.1 Å². The molecule has 1 saturated carbocycles.